The molecule has 0 radical (unpaired) electrons. The van der Waals surface area contributed by atoms with E-state index in [1.165, 1.54) is 14.9 Å². The predicted octanol–water partition coefficient (Wildman–Crippen LogP) is 5.33. The highest BCUT2D eigenvalue weighted by Crippen LogP contribution is 2.32. The number of aryl methyl sites for hydroxylation is 1. The molecule has 0 N–H and O–H groups in total. The molecule has 3 rings (SSSR count). The molecule has 0 aliphatic heterocycles. The van der Waals surface area contributed by atoms with Gasteiger partial charge >= 0.3 is 6.09 Å². The topological polar surface area (TPSA) is 81.5 Å². The molecule has 1 amide bonds. The maximum Gasteiger partial charge on any atom is 0.410 e. The van der Waals surface area contributed by atoms with Crippen molar-refractivity contribution in [2.75, 3.05) is 7.05 Å². The molecule has 3 aromatic rings. The second-order valence-electron chi connectivity index (χ2n) is 9.17. The molecule has 0 aliphatic rings. The molecular weight excluding hydrogens is 450 g/mol. The van der Waals surface area contributed by atoms with E-state index in [9.17, 15) is 13.2 Å². The van der Waals surface area contributed by atoms with E-state index in [-0.39, 0.29) is 6.54 Å². The van der Waals surface area contributed by atoms with Crippen LogP contribution in [-0.2, 0) is 21.3 Å². The lowest BCUT2D eigenvalue weighted by atomic mass is 10.1. The summed E-state index contributed by atoms with van der Waals surface area (Å²) in [5, 5.41) is -0.994. The Balaban J connectivity index is 2.05. The quantitative estimate of drug-likeness (QED) is 0.426. The zero-order valence-electron chi connectivity index (χ0n) is 20.2. The van der Waals surface area contributed by atoms with E-state index >= 15 is 0 Å². The first-order chi connectivity index (χ1) is 15.9. The first-order valence-electron chi connectivity index (χ1n) is 10.9. The average Bonchev–Trinajstić information content (AvgIpc) is 3.19. The fourth-order valence-electron chi connectivity index (χ4n) is 3.49. The van der Waals surface area contributed by atoms with Crippen LogP contribution in [0.5, 0.6) is 0 Å². The largest absolute Gasteiger partial charge is 0.444 e. The van der Waals surface area contributed by atoms with E-state index in [1.54, 1.807) is 58.4 Å². The van der Waals surface area contributed by atoms with Gasteiger partial charge in [0.25, 0.3) is 0 Å². The van der Waals surface area contributed by atoms with Crippen molar-refractivity contribution in [3.8, 4) is 11.3 Å². The average molecular weight is 482 g/mol. The fraction of sp³-hybridized carbons (Fsp3) is 0.308. The Labute approximate surface area is 201 Å². The minimum absolute atomic E-state index is 0.183. The van der Waals surface area contributed by atoms with Crippen LogP contribution in [0.1, 0.15) is 42.8 Å². The summed E-state index contributed by atoms with van der Waals surface area (Å²) in [7, 11) is -2.32. The van der Waals surface area contributed by atoms with Crippen LogP contribution in [0.4, 0.5) is 4.79 Å². The van der Waals surface area contributed by atoms with Gasteiger partial charge < -0.3 is 9.64 Å². The summed E-state index contributed by atoms with van der Waals surface area (Å²) in [6.07, 6.45) is 4.03. The summed E-state index contributed by atoms with van der Waals surface area (Å²) >= 11 is 0. The molecule has 1 unspecified atom stereocenters. The summed E-state index contributed by atoms with van der Waals surface area (Å²) in [4.78, 5) is 18.1. The maximum absolute atomic E-state index is 13.8. The molecule has 0 saturated carbocycles. The number of pyridine rings is 1. The van der Waals surface area contributed by atoms with Crippen LogP contribution in [0.3, 0.4) is 0 Å². The normalized spacial score (nSPS) is 12.7. The van der Waals surface area contributed by atoms with Crippen LogP contribution in [0.25, 0.3) is 11.3 Å². The first-order valence-corrected chi connectivity index (χ1v) is 12.4. The Kier molecular flexibility index (Phi) is 7.31. The van der Waals surface area contributed by atoms with Crippen molar-refractivity contribution in [2.24, 2.45) is 0 Å². The van der Waals surface area contributed by atoms with Gasteiger partial charge in [-0.3, -0.25) is 4.98 Å². The standard InChI is InChI=1S/C26H31N3O4S/c1-7-24(22-14-13-19(2)27-16-22)34(31,32)29-18-20(15-23(29)21-11-9-8-10-12-21)17-28(6)25(30)33-26(3,4)5/h7-16,18,24H,1,17H2,2-6H3. The van der Waals surface area contributed by atoms with Crippen LogP contribution in [-0.4, -0.2) is 41.0 Å². The molecular formula is C26H31N3O4S. The van der Waals surface area contributed by atoms with Crippen molar-refractivity contribution in [1.29, 1.82) is 0 Å². The van der Waals surface area contributed by atoms with Crippen molar-refractivity contribution < 1.29 is 17.9 Å². The zero-order valence-corrected chi connectivity index (χ0v) is 21.0. The molecule has 1 atom stereocenters. The minimum Gasteiger partial charge on any atom is -0.444 e. The molecule has 180 valence electrons. The Morgan fingerprint density at radius 1 is 1.21 bits per heavy atom. The maximum atomic E-state index is 13.8. The monoisotopic (exact) mass is 481 g/mol. The Morgan fingerprint density at radius 3 is 2.44 bits per heavy atom. The van der Waals surface area contributed by atoms with Gasteiger partial charge in [0.15, 0.2) is 0 Å². The molecule has 0 bridgehead atoms. The van der Waals surface area contributed by atoms with E-state index in [1.807, 2.05) is 37.3 Å². The fourth-order valence-corrected chi connectivity index (χ4v) is 5.18. The second-order valence-corrected chi connectivity index (χ2v) is 11.1. The minimum atomic E-state index is -3.94. The first kappa shape index (κ1) is 25.2. The molecule has 0 saturated heterocycles. The summed E-state index contributed by atoms with van der Waals surface area (Å²) in [5.41, 5.74) is 2.58. The molecule has 0 fully saturated rings. The van der Waals surface area contributed by atoms with Crippen molar-refractivity contribution in [3.05, 3.63) is 90.4 Å². The number of hydrogen-bond donors (Lipinski definition) is 0. The number of amides is 1. The molecule has 0 spiro atoms. The number of aromatic nitrogens is 2. The second kappa shape index (κ2) is 9.85. The summed E-state index contributed by atoms with van der Waals surface area (Å²) < 4.78 is 34.3. The van der Waals surface area contributed by atoms with Gasteiger partial charge in [-0.25, -0.2) is 17.2 Å². The van der Waals surface area contributed by atoms with Gasteiger partial charge in [-0.2, -0.15) is 0 Å². The van der Waals surface area contributed by atoms with E-state index in [0.717, 1.165) is 11.3 Å². The van der Waals surface area contributed by atoms with Gasteiger partial charge in [0, 0.05) is 25.1 Å². The van der Waals surface area contributed by atoms with E-state index in [2.05, 4.69) is 11.6 Å². The van der Waals surface area contributed by atoms with Gasteiger partial charge in [0.05, 0.1) is 12.2 Å². The predicted molar refractivity (Wildman–Crippen MR) is 134 cm³/mol. The summed E-state index contributed by atoms with van der Waals surface area (Å²) in [6.45, 7) is 11.2. The highest BCUT2D eigenvalue weighted by Gasteiger charge is 2.30. The molecule has 0 aliphatic carbocycles. The summed E-state index contributed by atoms with van der Waals surface area (Å²) in [6, 6.07) is 14.6. The third-order valence-electron chi connectivity index (χ3n) is 5.11. The van der Waals surface area contributed by atoms with E-state index in [0.29, 0.717) is 16.8 Å². The van der Waals surface area contributed by atoms with Crippen molar-refractivity contribution in [1.82, 2.24) is 13.9 Å². The van der Waals surface area contributed by atoms with Crippen LogP contribution in [0, 0.1) is 6.92 Å². The number of carbonyl (C=O) groups excluding carboxylic acids is 1. The zero-order chi connectivity index (χ0) is 25.1. The lowest BCUT2D eigenvalue weighted by Crippen LogP contribution is -2.33. The highest BCUT2D eigenvalue weighted by molar-refractivity contribution is 7.90. The van der Waals surface area contributed by atoms with Crippen LogP contribution in [0.2, 0.25) is 0 Å². The molecule has 2 heterocycles. The third-order valence-corrected chi connectivity index (χ3v) is 7.07. The van der Waals surface area contributed by atoms with Gasteiger partial charge in [0.2, 0.25) is 10.0 Å². The number of ether oxygens (including phenoxy) is 1. The van der Waals surface area contributed by atoms with Gasteiger partial charge in [0.1, 0.15) is 10.9 Å². The smallest absolute Gasteiger partial charge is 0.410 e. The van der Waals surface area contributed by atoms with Crippen LogP contribution < -0.4 is 0 Å². The Morgan fingerprint density at radius 2 is 1.88 bits per heavy atom. The lowest BCUT2D eigenvalue weighted by molar-refractivity contribution is 0.0285. The molecule has 34 heavy (non-hydrogen) atoms. The molecule has 1 aromatic carbocycles. The van der Waals surface area contributed by atoms with E-state index in [4.69, 9.17) is 4.74 Å². The van der Waals surface area contributed by atoms with Crippen molar-refractivity contribution in [2.45, 2.75) is 45.1 Å². The third kappa shape index (κ3) is 5.75. The number of benzene rings is 1. The molecule has 2 aromatic heterocycles. The van der Waals surface area contributed by atoms with Crippen molar-refractivity contribution in [3.63, 3.8) is 0 Å². The van der Waals surface area contributed by atoms with Gasteiger partial charge in [-0.15, -0.1) is 6.58 Å². The summed E-state index contributed by atoms with van der Waals surface area (Å²) in [5.74, 6) is 0. The van der Waals surface area contributed by atoms with Crippen LogP contribution in [0.15, 0.2) is 73.6 Å². The van der Waals surface area contributed by atoms with Gasteiger partial charge in [-0.05, 0) is 56.5 Å². The lowest BCUT2D eigenvalue weighted by Gasteiger charge is -2.24. The van der Waals surface area contributed by atoms with Crippen molar-refractivity contribution >= 4 is 16.1 Å². The van der Waals surface area contributed by atoms with Crippen LogP contribution >= 0.6 is 0 Å². The van der Waals surface area contributed by atoms with Gasteiger partial charge in [-0.1, -0.05) is 42.5 Å². The number of hydrogen-bond acceptors (Lipinski definition) is 5. The van der Waals surface area contributed by atoms with E-state index < -0.39 is 27.0 Å². The number of nitrogens with zero attached hydrogens (tertiary/aromatic N) is 3. The number of carbonyl (C=O) groups is 1. The molecule has 8 heteroatoms. The number of rotatable bonds is 7. The Bertz CT molecular complexity index is 1260. The Hall–Kier alpha value is -3.39. The molecule has 7 nitrogen and oxygen atoms in total. The SMILES string of the molecule is C=CC(c1ccc(C)nc1)S(=O)(=O)n1cc(CN(C)C(=O)OC(C)(C)C)cc1-c1ccccc1. The highest BCUT2D eigenvalue weighted by atomic mass is 32.2.